The summed E-state index contributed by atoms with van der Waals surface area (Å²) >= 11 is 2.45. The first-order chi connectivity index (χ1) is 21.3. The molecule has 44 heavy (non-hydrogen) atoms. The van der Waals surface area contributed by atoms with Crippen molar-refractivity contribution in [1.29, 1.82) is 0 Å². The van der Waals surface area contributed by atoms with Gasteiger partial charge in [0, 0.05) is 11.3 Å². The van der Waals surface area contributed by atoms with Crippen LogP contribution < -0.4 is 9.64 Å². The van der Waals surface area contributed by atoms with Gasteiger partial charge in [0.15, 0.2) is 4.34 Å². The van der Waals surface area contributed by atoms with Gasteiger partial charge >= 0.3 is 5.91 Å². The fourth-order valence-electron chi connectivity index (χ4n) is 4.70. The number of hydrogen-bond donors (Lipinski definition) is 1. The number of para-hydroxylation sites is 1. The third-order valence-electron chi connectivity index (χ3n) is 6.92. The Morgan fingerprint density at radius 3 is 2.43 bits per heavy atom. The number of anilines is 1. The summed E-state index contributed by atoms with van der Waals surface area (Å²) in [6.45, 7) is 1.58. The van der Waals surface area contributed by atoms with Crippen molar-refractivity contribution in [2.75, 3.05) is 4.90 Å². The Labute approximate surface area is 259 Å². The zero-order valence-electron chi connectivity index (χ0n) is 23.1. The van der Waals surface area contributed by atoms with E-state index in [1.54, 1.807) is 55.5 Å². The molecule has 1 aliphatic rings. The largest absolute Gasteiger partial charge is 0.507 e. The van der Waals surface area contributed by atoms with Gasteiger partial charge in [0.2, 0.25) is 5.13 Å². The highest BCUT2D eigenvalue weighted by Crippen LogP contribution is 2.45. The number of Topliss-reactive ketones (excluding diaryl/α,β-unsaturated/α-hetero) is 1. The van der Waals surface area contributed by atoms with Crippen LogP contribution in [0.1, 0.15) is 28.3 Å². The molecule has 4 aromatic carbocycles. The van der Waals surface area contributed by atoms with E-state index in [-0.39, 0.29) is 22.1 Å². The molecule has 1 fully saturated rings. The molecule has 11 heteroatoms. The molecule has 1 unspecified atom stereocenters. The lowest BCUT2D eigenvalue weighted by Gasteiger charge is -2.23. The van der Waals surface area contributed by atoms with Crippen molar-refractivity contribution in [2.24, 2.45) is 0 Å². The molecular weight excluding hydrogens is 605 g/mol. The molecule has 1 aromatic heterocycles. The topological polar surface area (TPSA) is 92.6 Å². The summed E-state index contributed by atoms with van der Waals surface area (Å²) in [6.07, 6.45) is 0. The Kier molecular flexibility index (Phi) is 8.23. The number of aromatic nitrogens is 2. The molecule has 0 bridgehead atoms. The number of amides is 1. The summed E-state index contributed by atoms with van der Waals surface area (Å²) < 4.78 is 34.3. The Balaban J connectivity index is 1.40. The zero-order valence-corrected chi connectivity index (χ0v) is 24.7. The average molecular weight is 628 g/mol. The number of ether oxygens (including phenoxy) is 1. The van der Waals surface area contributed by atoms with Crippen LogP contribution in [0.4, 0.5) is 13.9 Å². The van der Waals surface area contributed by atoms with Crippen molar-refractivity contribution >= 4 is 45.7 Å². The second-order valence-corrected chi connectivity index (χ2v) is 12.1. The number of aryl methyl sites for hydroxylation is 1. The molecule has 0 radical (unpaired) electrons. The Hall–Kier alpha value is -4.87. The summed E-state index contributed by atoms with van der Waals surface area (Å²) in [6, 6.07) is 25.0. The highest BCUT2D eigenvalue weighted by atomic mass is 32.2. The maximum absolute atomic E-state index is 14.5. The van der Waals surface area contributed by atoms with E-state index in [2.05, 4.69) is 10.2 Å². The lowest BCUT2D eigenvalue weighted by molar-refractivity contribution is -0.132. The van der Waals surface area contributed by atoms with Crippen LogP contribution in [-0.2, 0) is 15.3 Å². The normalized spacial score (nSPS) is 16.0. The number of aliphatic hydroxyl groups excluding tert-OH is 1. The summed E-state index contributed by atoms with van der Waals surface area (Å²) in [4.78, 5) is 28.3. The minimum absolute atomic E-state index is 0.0561. The number of rotatable bonds is 8. The molecule has 220 valence electrons. The number of carbonyl (C=O) groups excluding carboxylic acids is 2. The number of halogens is 2. The van der Waals surface area contributed by atoms with E-state index in [9.17, 15) is 23.5 Å². The van der Waals surface area contributed by atoms with Gasteiger partial charge in [-0.1, -0.05) is 77.7 Å². The summed E-state index contributed by atoms with van der Waals surface area (Å²) in [5.41, 5.74) is 1.53. The molecule has 0 saturated carbocycles. The van der Waals surface area contributed by atoms with Crippen molar-refractivity contribution in [2.45, 2.75) is 23.1 Å². The maximum Gasteiger partial charge on any atom is 0.301 e. The Bertz CT molecular complexity index is 1900. The van der Waals surface area contributed by atoms with Crippen LogP contribution in [0.5, 0.6) is 11.5 Å². The Morgan fingerprint density at radius 2 is 1.68 bits per heavy atom. The molecular formula is C33H23F2N3O4S2. The van der Waals surface area contributed by atoms with Crippen molar-refractivity contribution in [3.8, 4) is 11.5 Å². The number of hydrogen-bond acceptors (Lipinski definition) is 8. The van der Waals surface area contributed by atoms with Crippen molar-refractivity contribution in [3.05, 3.63) is 137 Å². The summed E-state index contributed by atoms with van der Waals surface area (Å²) in [7, 11) is 0. The lowest BCUT2D eigenvalue weighted by atomic mass is 9.95. The highest BCUT2D eigenvalue weighted by Gasteiger charge is 2.48. The van der Waals surface area contributed by atoms with Gasteiger partial charge < -0.3 is 9.84 Å². The maximum atomic E-state index is 14.5. The van der Waals surface area contributed by atoms with E-state index < -0.39 is 29.3 Å². The van der Waals surface area contributed by atoms with Crippen LogP contribution in [0.15, 0.2) is 107 Å². The van der Waals surface area contributed by atoms with E-state index in [0.29, 0.717) is 32.7 Å². The van der Waals surface area contributed by atoms with Crippen LogP contribution in [0.2, 0.25) is 0 Å². The van der Waals surface area contributed by atoms with Crippen LogP contribution in [-0.4, -0.2) is 27.0 Å². The molecule has 2 heterocycles. The van der Waals surface area contributed by atoms with Gasteiger partial charge in [0.05, 0.1) is 11.6 Å². The SMILES string of the molecule is Cc1ccc(/C(O)=C2/C(=O)C(=O)N(c3nnc(SCc4ccc(F)cc4)s3)C2c2cccc(Oc3ccccc3)c2)cc1F. The van der Waals surface area contributed by atoms with Gasteiger partial charge in [0.1, 0.15) is 28.9 Å². The third kappa shape index (κ3) is 5.97. The van der Waals surface area contributed by atoms with Crippen LogP contribution in [0.25, 0.3) is 5.76 Å². The fraction of sp³-hybridized carbons (Fsp3) is 0.0909. The third-order valence-corrected chi connectivity index (χ3v) is 9.05. The fourth-order valence-corrected chi connectivity index (χ4v) is 6.52. The first-order valence-corrected chi connectivity index (χ1v) is 15.2. The number of carbonyl (C=O) groups is 2. The molecule has 5 aromatic rings. The smallest absolute Gasteiger partial charge is 0.301 e. The van der Waals surface area contributed by atoms with Crippen molar-refractivity contribution < 1.29 is 28.2 Å². The van der Waals surface area contributed by atoms with E-state index in [4.69, 9.17) is 4.74 Å². The Morgan fingerprint density at radius 1 is 0.932 bits per heavy atom. The van der Waals surface area contributed by atoms with Gasteiger partial charge in [0.25, 0.3) is 5.78 Å². The minimum Gasteiger partial charge on any atom is -0.507 e. The average Bonchev–Trinajstić information content (AvgIpc) is 3.60. The van der Waals surface area contributed by atoms with E-state index in [1.807, 2.05) is 18.2 Å². The quantitative estimate of drug-likeness (QED) is 0.0616. The zero-order chi connectivity index (χ0) is 30.8. The van der Waals surface area contributed by atoms with Crippen LogP contribution >= 0.6 is 23.1 Å². The van der Waals surface area contributed by atoms with E-state index in [0.717, 1.165) is 23.0 Å². The molecule has 1 aliphatic heterocycles. The molecule has 0 aliphatic carbocycles. The van der Waals surface area contributed by atoms with E-state index >= 15 is 0 Å². The van der Waals surface area contributed by atoms with Crippen LogP contribution in [0, 0.1) is 18.6 Å². The van der Waals surface area contributed by atoms with Crippen molar-refractivity contribution in [1.82, 2.24) is 10.2 Å². The monoisotopic (exact) mass is 627 g/mol. The molecule has 1 N–H and O–H groups in total. The summed E-state index contributed by atoms with van der Waals surface area (Å²) in [5, 5.41) is 19.9. The standard InChI is InChI=1S/C33H23F2N3O4S2/c1-19-10-13-22(17-26(19)35)29(39)27-28(21-6-5-9-25(16-21)42-24-7-3-2-4-8-24)38(31(41)30(27)40)32-36-37-33(44-32)43-18-20-11-14-23(34)15-12-20/h2-17,28,39H,18H2,1H3/b29-27-. The molecule has 1 atom stereocenters. The highest BCUT2D eigenvalue weighted by molar-refractivity contribution is 8.00. The van der Waals surface area contributed by atoms with Crippen molar-refractivity contribution in [3.63, 3.8) is 0 Å². The van der Waals surface area contributed by atoms with Gasteiger partial charge in [-0.2, -0.15) is 0 Å². The van der Waals surface area contributed by atoms with Gasteiger partial charge in [-0.3, -0.25) is 14.5 Å². The number of benzene rings is 4. The number of thioether (sulfide) groups is 1. The van der Waals surface area contributed by atoms with Gasteiger partial charge in [-0.05, 0) is 66.1 Å². The number of aliphatic hydroxyl groups is 1. The van der Waals surface area contributed by atoms with Gasteiger partial charge in [-0.15, -0.1) is 10.2 Å². The minimum atomic E-state index is -1.11. The summed E-state index contributed by atoms with van der Waals surface area (Å²) in [5.74, 6) is -1.77. The molecule has 7 nitrogen and oxygen atoms in total. The van der Waals surface area contributed by atoms with Gasteiger partial charge in [-0.25, -0.2) is 8.78 Å². The number of nitrogens with zero attached hydrogens (tertiary/aromatic N) is 3. The number of ketones is 1. The molecule has 1 saturated heterocycles. The first-order valence-electron chi connectivity index (χ1n) is 13.4. The predicted octanol–water partition coefficient (Wildman–Crippen LogP) is 7.84. The molecule has 1 amide bonds. The molecule has 6 rings (SSSR count). The molecule has 0 spiro atoms. The van der Waals surface area contributed by atoms with E-state index in [1.165, 1.54) is 40.9 Å². The first kappa shape index (κ1) is 29.2. The van der Waals surface area contributed by atoms with Crippen LogP contribution in [0.3, 0.4) is 0 Å². The lowest BCUT2D eigenvalue weighted by Crippen LogP contribution is -2.29. The second kappa shape index (κ2) is 12.4. The predicted molar refractivity (Wildman–Crippen MR) is 165 cm³/mol. The second-order valence-electron chi connectivity index (χ2n) is 9.89.